The number of nitrogens with one attached hydrogen (secondary N) is 1. The molecule has 6 nitrogen and oxygen atoms in total. The minimum atomic E-state index is -0.288. The summed E-state index contributed by atoms with van der Waals surface area (Å²) in [5.74, 6) is 1.26. The zero-order valence-corrected chi connectivity index (χ0v) is 17.3. The molecule has 0 radical (unpaired) electrons. The maximum atomic E-state index is 13.9. The maximum absolute atomic E-state index is 13.9. The van der Waals surface area contributed by atoms with Crippen molar-refractivity contribution in [3.63, 3.8) is 0 Å². The first-order chi connectivity index (χ1) is 14.4. The Labute approximate surface area is 174 Å². The maximum Gasteiger partial charge on any atom is 0.223 e. The third-order valence-electron chi connectivity index (χ3n) is 5.51. The molecule has 0 spiro atoms. The van der Waals surface area contributed by atoms with Gasteiger partial charge in [-0.05, 0) is 42.7 Å². The second-order valence-corrected chi connectivity index (χ2v) is 7.51. The summed E-state index contributed by atoms with van der Waals surface area (Å²) in [6.45, 7) is 2.27. The number of rotatable bonds is 6. The summed E-state index contributed by atoms with van der Waals surface area (Å²) >= 11 is 0. The average Bonchev–Trinajstić information content (AvgIpc) is 3.27. The van der Waals surface area contributed by atoms with Crippen molar-refractivity contribution >= 4 is 16.8 Å². The van der Waals surface area contributed by atoms with E-state index in [1.807, 2.05) is 48.9 Å². The number of carbonyl (C=O) groups is 1. The molecule has 1 N–H and O–H groups in total. The predicted molar refractivity (Wildman–Crippen MR) is 114 cm³/mol. The number of amides is 1. The molecule has 0 bridgehead atoms. The summed E-state index contributed by atoms with van der Waals surface area (Å²) in [6.07, 6.45) is 0.825. The molecule has 2 heterocycles. The summed E-state index contributed by atoms with van der Waals surface area (Å²) in [5.41, 5.74) is 3.75. The number of carbonyl (C=O) groups excluding carboxylic acids is 1. The quantitative estimate of drug-likeness (QED) is 0.527. The van der Waals surface area contributed by atoms with Crippen LogP contribution in [0.5, 0.6) is 0 Å². The van der Waals surface area contributed by atoms with Crippen LogP contribution in [0, 0.1) is 12.7 Å². The summed E-state index contributed by atoms with van der Waals surface area (Å²) < 4.78 is 15.8. The number of fused-ring (bicyclic) bond motifs is 1. The number of H-pyrrole nitrogens is 1. The Balaban J connectivity index is 1.57. The highest BCUT2D eigenvalue weighted by Crippen LogP contribution is 2.32. The first kappa shape index (κ1) is 19.8. The zero-order valence-electron chi connectivity index (χ0n) is 17.3. The second kappa shape index (κ2) is 8.10. The number of benzene rings is 2. The third kappa shape index (κ3) is 3.83. The normalized spacial score (nSPS) is 11.2. The molecule has 4 rings (SSSR count). The van der Waals surface area contributed by atoms with Gasteiger partial charge in [-0.15, -0.1) is 10.2 Å². The molecule has 0 atom stereocenters. The standard InChI is InChI=1S/C23H24FN5O/c1-15-26-27-21(29(15)3)14-28(2)22(30)12-10-18-19-13-17(24)9-11-20(19)25-23(18)16-7-5-4-6-8-16/h4-9,11,13,25H,10,12,14H2,1-3H3. The van der Waals surface area contributed by atoms with Crippen molar-refractivity contribution in [2.24, 2.45) is 7.05 Å². The van der Waals surface area contributed by atoms with Gasteiger partial charge >= 0.3 is 0 Å². The van der Waals surface area contributed by atoms with E-state index in [1.54, 1.807) is 18.0 Å². The van der Waals surface area contributed by atoms with E-state index >= 15 is 0 Å². The molecule has 4 aromatic rings. The predicted octanol–water partition coefficient (Wildman–Crippen LogP) is 4.00. The van der Waals surface area contributed by atoms with Gasteiger partial charge in [0.1, 0.15) is 11.6 Å². The van der Waals surface area contributed by atoms with Gasteiger partial charge in [0.2, 0.25) is 5.91 Å². The van der Waals surface area contributed by atoms with Crippen molar-refractivity contribution in [3.05, 3.63) is 71.6 Å². The number of aromatic nitrogens is 4. The van der Waals surface area contributed by atoms with Gasteiger partial charge in [0.05, 0.1) is 6.54 Å². The third-order valence-corrected chi connectivity index (χ3v) is 5.51. The number of aryl methyl sites for hydroxylation is 2. The van der Waals surface area contributed by atoms with Crippen LogP contribution in [0.25, 0.3) is 22.2 Å². The Morgan fingerprint density at radius 3 is 2.63 bits per heavy atom. The Bertz CT molecular complexity index is 1200. The van der Waals surface area contributed by atoms with E-state index in [0.717, 1.165) is 39.4 Å². The van der Waals surface area contributed by atoms with E-state index in [2.05, 4.69) is 15.2 Å². The largest absolute Gasteiger partial charge is 0.354 e. The number of aromatic amines is 1. The van der Waals surface area contributed by atoms with Crippen LogP contribution in [0.2, 0.25) is 0 Å². The van der Waals surface area contributed by atoms with E-state index < -0.39 is 0 Å². The lowest BCUT2D eigenvalue weighted by Crippen LogP contribution is -2.27. The highest BCUT2D eigenvalue weighted by atomic mass is 19.1. The lowest BCUT2D eigenvalue weighted by atomic mass is 10.0. The summed E-state index contributed by atoms with van der Waals surface area (Å²) in [7, 11) is 3.65. The lowest BCUT2D eigenvalue weighted by Gasteiger charge is -2.17. The molecule has 0 saturated carbocycles. The van der Waals surface area contributed by atoms with E-state index in [1.165, 1.54) is 12.1 Å². The molecule has 1 amide bonds. The van der Waals surface area contributed by atoms with Crippen molar-refractivity contribution in [2.45, 2.75) is 26.3 Å². The highest BCUT2D eigenvalue weighted by Gasteiger charge is 2.18. The Morgan fingerprint density at radius 1 is 1.17 bits per heavy atom. The number of halogens is 1. The molecule has 0 saturated heterocycles. The van der Waals surface area contributed by atoms with Crippen molar-refractivity contribution < 1.29 is 9.18 Å². The molecule has 0 aliphatic rings. The van der Waals surface area contributed by atoms with Gasteiger partial charge in [0.15, 0.2) is 5.82 Å². The number of nitrogens with zero attached hydrogens (tertiary/aromatic N) is 4. The topological polar surface area (TPSA) is 66.8 Å². The molecule has 30 heavy (non-hydrogen) atoms. The summed E-state index contributed by atoms with van der Waals surface area (Å²) in [4.78, 5) is 17.8. The lowest BCUT2D eigenvalue weighted by molar-refractivity contribution is -0.130. The van der Waals surface area contributed by atoms with Gasteiger partial charge in [-0.2, -0.15) is 0 Å². The van der Waals surface area contributed by atoms with E-state index in [0.29, 0.717) is 19.4 Å². The van der Waals surface area contributed by atoms with Crippen LogP contribution >= 0.6 is 0 Å². The fourth-order valence-corrected chi connectivity index (χ4v) is 3.64. The Hall–Kier alpha value is -3.48. The fraction of sp³-hybridized carbons (Fsp3) is 0.261. The molecule has 0 unspecified atom stereocenters. The van der Waals surface area contributed by atoms with E-state index in [9.17, 15) is 9.18 Å². The van der Waals surface area contributed by atoms with Crippen LogP contribution in [0.1, 0.15) is 23.6 Å². The van der Waals surface area contributed by atoms with Gasteiger partial charge in [0, 0.05) is 37.1 Å². The molecule has 2 aromatic heterocycles. The second-order valence-electron chi connectivity index (χ2n) is 7.51. The molecular formula is C23H24FN5O. The number of hydrogen-bond donors (Lipinski definition) is 1. The Morgan fingerprint density at radius 2 is 1.93 bits per heavy atom. The minimum Gasteiger partial charge on any atom is -0.354 e. The first-order valence-electron chi connectivity index (χ1n) is 9.88. The van der Waals surface area contributed by atoms with E-state index in [4.69, 9.17) is 0 Å². The number of hydrogen-bond acceptors (Lipinski definition) is 3. The summed E-state index contributed by atoms with van der Waals surface area (Å²) in [5, 5.41) is 8.98. The van der Waals surface area contributed by atoms with Crippen molar-refractivity contribution in [2.75, 3.05) is 7.05 Å². The molecule has 0 fully saturated rings. The Kier molecular flexibility index (Phi) is 5.35. The van der Waals surface area contributed by atoms with Gasteiger partial charge in [-0.3, -0.25) is 4.79 Å². The fourth-order valence-electron chi connectivity index (χ4n) is 3.64. The van der Waals surface area contributed by atoms with E-state index in [-0.39, 0.29) is 11.7 Å². The van der Waals surface area contributed by atoms with Gasteiger partial charge in [-0.25, -0.2) is 4.39 Å². The van der Waals surface area contributed by atoms with Gasteiger partial charge in [0.25, 0.3) is 0 Å². The van der Waals surface area contributed by atoms with Crippen LogP contribution < -0.4 is 0 Å². The molecule has 7 heteroatoms. The molecule has 0 aliphatic carbocycles. The highest BCUT2D eigenvalue weighted by molar-refractivity contribution is 5.91. The van der Waals surface area contributed by atoms with Crippen LogP contribution in [-0.4, -0.2) is 37.6 Å². The van der Waals surface area contributed by atoms with Crippen molar-refractivity contribution in [1.29, 1.82) is 0 Å². The molecule has 0 aliphatic heterocycles. The monoisotopic (exact) mass is 405 g/mol. The minimum absolute atomic E-state index is 0.000387. The SMILES string of the molecule is Cc1nnc(CN(C)C(=O)CCc2c(-c3ccccc3)[nH]c3ccc(F)cc23)n1C. The van der Waals surface area contributed by atoms with Gasteiger partial charge in [-0.1, -0.05) is 30.3 Å². The van der Waals surface area contributed by atoms with Crippen LogP contribution in [0.3, 0.4) is 0 Å². The molecule has 2 aromatic carbocycles. The van der Waals surface area contributed by atoms with Crippen LogP contribution in [0.15, 0.2) is 48.5 Å². The molecular weight excluding hydrogens is 381 g/mol. The average molecular weight is 405 g/mol. The van der Waals surface area contributed by atoms with Crippen molar-refractivity contribution in [1.82, 2.24) is 24.6 Å². The van der Waals surface area contributed by atoms with Crippen LogP contribution in [-0.2, 0) is 24.8 Å². The summed E-state index contributed by atoms with van der Waals surface area (Å²) in [6, 6.07) is 14.6. The first-order valence-corrected chi connectivity index (χ1v) is 9.88. The van der Waals surface area contributed by atoms with Gasteiger partial charge < -0.3 is 14.5 Å². The van der Waals surface area contributed by atoms with Crippen LogP contribution in [0.4, 0.5) is 4.39 Å². The molecule has 154 valence electrons. The smallest absolute Gasteiger partial charge is 0.223 e. The van der Waals surface area contributed by atoms with Crippen molar-refractivity contribution in [3.8, 4) is 11.3 Å². The zero-order chi connectivity index (χ0) is 21.3.